The predicted octanol–water partition coefficient (Wildman–Crippen LogP) is 1.77. The number of thiophene rings is 1. The normalized spacial score (nSPS) is 14.0. The Labute approximate surface area is 115 Å². The van der Waals surface area contributed by atoms with Crippen LogP contribution in [-0.2, 0) is 4.74 Å². The first-order chi connectivity index (χ1) is 8.52. The largest absolute Gasteiger partial charge is 0.389 e. The van der Waals surface area contributed by atoms with E-state index in [1.807, 2.05) is 13.0 Å². The third kappa shape index (κ3) is 5.22. The van der Waals surface area contributed by atoms with Gasteiger partial charge in [0.25, 0.3) is 0 Å². The zero-order valence-electron chi connectivity index (χ0n) is 10.3. The van der Waals surface area contributed by atoms with Gasteiger partial charge in [-0.05, 0) is 19.1 Å². The molecule has 1 rings (SSSR count). The molecule has 0 saturated carbocycles. The lowest BCUT2D eigenvalue weighted by Crippen LogP contribution is -2.41. The molecule has 2 amide bonds. The molecule has 0 aromatic carbocycles. The van der Waals surface area contributed by atoms with Crippen molar-refractivity contribution in [3.05, 3.63) is 21.3 Å². The van der Waals surface area contributed by atoms with Crippen molar-refractivity contribution in [3.8, 4) is 0 Å². The number of carbonyl (C=O) groups is 1. The van der Waals surface area contributed by atoms with Gasteiger partial charge in [0.2, 0.25) is 0 Å². The highest BCUT2D eigenvalue weighted by molar-refractivity contribution is 7.16. The Balaban J connectivity index is 2.31. The summed E-state index contributed by atoms with van der Waals surface area (Å²) >= 11 is 7.25. The Bertz CT molecular complexity index is 386. The Morgan fingerprint density at radius 2 is 2.33 bits per heavy atom. The molecule has 0 aliphatic rings. The molecule has 0 saturated heterocycles. The number of methoxy groups -OCH3 is 1. The van der Waals surface area contributed by atoms with Gasteiger partial charge >= 0.3 is 6.03 Å². The first-order valence-electron chi connectivity index (χ1n) is 5.49. The third-order valence-corrected chi connectivity index (χ3v) is 3.64. The molecule has 0 fully saturated rings. The molecule has 1 heterocycles. The Morgan fingerprint density at radius 1 is 1.61 bits per heavy atom. The number of halogens is 1. The van der Waals surface area contributed by atoms with E-state index in [1.54, 1.807) is 6.07 Å². The van der Waals surface area contributed by atoms with E-state index in [1.165, 1.54) is 18.4 Å². The topological polar surface area (TPSA) is 70.6 Å². The van der Waals surface area contributed by atoms with Crippen LogP contribution in [0.2, 0.25) is 4.34 Å². The van der Waals surface area contributed by atoms with E-state index in [-0.39, 0.29) is 25.2 Å². The lowest BCUT2D eigenvalue weighted by atomic mass is 10.3. The molecule has 18 heavy (non-hydrogen) atoms. The summed E-state index contributed by atoms with van der Waals surface area (Å²) in [7, 11) is 1.49. The van der Waals surface area contributed by atoms with Crippen LogP contribution in [0.5, 0.6) is 0 Å². The minimum Gasteiger partial charge on any atom is -0.389 e. The fraction of sp³-hybridized carbons (Fsp3) is 0.545. The van der Waals surface area contributed by atoms with E-state index in [0.29, 0.717) is 4.34 Å². The van der Waals surface area contributed by atoms with E-state index in [2.05, 4.69) is 10.6 Å². The van der Waals surface area contributed by atoms with Crippen molar-refractivity contribution in [3.63, 3.8) is 0 Å². The van der Waals surface area contributed by atoms with Gasteiger partial charge in [0.05, 0.1) is 23.1 Å². The van der Waals surface area contributed by atoms with Crippen LogP contribution in [0, 0.1) is 0 Å². The average molecular weight is 293 g/mol. The second-order valence-corrected chi connectivity index (χ2v) is 5.57. The van der Waals surface area contributed by atoms with Gasteiger partial charge in [0.15, 0.2) is 0 Å². The second-order valence-electron chi connectivity index (χ2n) is 3.83. The average Bonchev–Trinajstić information content (AvgIpc) is 2.74. The first-order valence-corrected chi connectivity index (χ1v) is 6.69. The molecular formula is C11H17ClN2O3S. The summed E-state index contributed by atoms with van der Waals surface area (Å²) in [6.07, 6.45) is -0.702. The molecule has 0 aliphatic carbocycles. The number of ether oxygens (including phenoxy) is 1. The molecule has 1 aromatic heterocycles. The summed E-state index contributed by atoms with van der Waals surface area (Å²) in [6, 6.07) is 3.21. The maximum absolute atomic E-state index is 11.5. The number of hydrogen-bond acceptors (Lipinski definition) is 4. The summed E-state index contributed by atoms with van der Waals surface area (Å²) in [4.78, 5) is 12.5. The van der Waals surface area contributed by atoms with Crippen LogP contribution in [-0.4, -0.2) is 37.5 Å². The zero-order chi connectivity index (χ0) is 13.5. The van der Waals surface area contributed by atoms with Crippen molar-refractivity contribution in [1.82, 2.24) is 10.6 Å². The Hall–Kier alpha value is -0.820. The summed E-state index contributed by atoms with van der Waals surface area (Å²) in [5.74, 6) is 0. The van der Waals surface area contributed by atoms with E-state index >= 15 is 0 Å². The summed E-state index contributed by atoms with van der Waals surface area (Å²) < 4.78 is 5.44. The van der Waals surface area contributed by atoms with Gasteiger partial charge in [-0.3, -0.25) is 0 Å². The molecule has 0 aliphatic heterocycles. The van der Waals surface area contributed by atoms with Crippen molar-refractivity contribution in [2.45, 2.75) is 19.1 Å². The lowest BCUT2D eigenvalue weighted by Gasteiger charge is -2.15. The minimum absolute atomic E-state index is 0.123. The van der Waals surface area contributed by atoms with Crippen molar-refractivity contribution in [2.24, 2.45) is 0 Å². The van der Waals surface area contributed by atoms with Crippen molar-refractivity contribution >= 4 is 29.0 Å². The van der Waals surface area contributed by atoms with Gasteiger partial charge in [0.1, 0.15) is 0 Å². The molecule has 1 aromatic rings. The summed E-state index contributed by atoms with van der Waals surface area (Å²) in [5.41, 5.74) is 0. The maximum Gasteiger partial charge on any atom is 0.315 e. The third-order valence-electron chi connectivity index (χ3n) is 2.23. The predicted molar refractivity (Wildman–Crippen MR) is 72.2 cm³/mol. The maximum atomic E-state index is 11.5. The molecule has 102 valence electrons. The molecule has 0 bridgehead atoms. The molecule has 3 N–H and O–H groups in total. The van der Waals surface area contributed by atoms with Crippen molar-refractivity contribution < 1.29 is 14.6 Å². The van der Waals surface area contributed by atoms with Crippen LogP contribution >= 0.6 is 22.9 Å². The molecular weight excluding hydrogens is 276 g/mol. The Morgan fingerprint density at radius 3 is 2.89 bits per heavy atom. The molecule has 7 heteroatoms. The van der Waals surface area contributed by atoms with Gasteiger partial charge < -0.3 is 20.5 Å². The van der Waals surface area contributed by atoms with E-state index in [0.717, 1.165) is 4.88 Å². The number of urea groups is 1. The SMILES string of the molecule is COCC(O)CNC(=O)NC(C)c1ccc(Cl)s1. The number of nitrogens with one attached hydrogen (secondary N) is 2. The highest BCUT2D eigenvalue weighted by Gasteiger charge is 2.12. The number of aliphatic hydroxyl groups is 1. The lowest BCUT2D eigenvalue weighted by molar-refractivity contribution is 0.0659. The fourth-order valence-corrected chi connectivity index (χ4v) is 2.40. The first kappa shape index (κ1) is 15.2. The summed E-state index contributed by atoms with van der Waals surface area (Å²) in [6.45, 7) is 2.21. The molecule has 5 nitrogen and oxygen atoms in total. The van der Waals surface area contributed by atoms with Gasteiger partial charge in [-0.2, -0.15) is 0 Å². The van der Waals surface area contributed by atoms with Gasteiger partial charge in [-0.15, -0.1) is 11.3 Å². The van der Waals surface area contributed by atoms with Crippen LogP contribution in [0.1, 0.15) is 17.8 Å². The number of aliphatic hydroxyl groups excluding tert-OH is 1. The van der Waals surface area contributed by atoms with E-state index in [4.69, 9.17) is 16.3 Å². The van der Waals surface area contributed by atoms with Crippen LogP contribution in [0.4, 0.5) is 4.79 Å². The number of hydrogen-bond donors (Lipinski definition) is 3. The zero-order valence-corrected chi connectivity index (χ0v) is 11.8. The second kappa shape index (κ2) is 7.58. The van der Waals surface area contributed by atoms with Gasteiger partial charge in [-0.1, -0.05) is 11.6 Å². The number of rotatable bonds is 6. The smallest absolute Gasteiger partial charge is 0.315 e. The molecule has 2 atom stereocenters. The highest BCUT2D eigenvalue weighted by atomic mass is 35.5. The molecule has 2 unspecified atom stereocenters. The van der Waals surface area contributed by atoms with E-state index < -0.39 is 6.10 Å². The van der Waals surface area contributed by atoms with Crippen molar-refractivity contribution in [2.75, 3.05) is 20.3 Å². The quantitative estimate of drug-likeness (QED) is 0.748. The monoisotopic (exact) mass is 292 g/mol. The van der Waals surface area contributed by atoms with Crippen LogP contribution in [0.3, 0.4) is 0 Å². The molecule has 0 spiro atoms. The number of amides is 2. The Kier molecular flexibility index (Phi) is 6.42. The minimum atomic E-state index is -0.702. The van der Waals surface area contributed by atoms with Crippen LogP contribution in [0.25, 0.3) is 0 Å². The summed E-state index contributed by atoms with van der Waals surface area (Å²) in [5, 5.41) is 14.7. The van der Waals surface area contributed by atoms with Crippen LogP contribution < -0.4 is 10.6 Å². The van der Waals surface area contributed by atoms with Crippen molar-refractivity contribution in [1.29, 1.82) is 0 Å². The van der Waals surface area contributed by atoms with Gasteiger partial charge in [-0.25, -0.2) is 4.79 Å². The van der Waals surface area contributed by atoms with Crippen LogP contribution in [0.15, 0.2) is 12.1 Å². The van der Waals surface area contributed by atoms with Gasteiger partial charge in [0, 0.05) is 18.5 Å². The van der Waals surface area contributed by atoms with E-state index in [9.17, 15) is 9.90 Å². The standard InChI is InChI=1S/C11H17ClN2O3S/c1-7(9-3-4-10(12)18-9)14-11(16)13-5-8(15)6-17-2/h3-4,7-8,15H,5-6H2,1-2H3,(H2,13,14,16). The molecule has 0 radical (unpaired) electrons. The number of carbonyl (C=O) groups excluding carboxylic acids is 1. The highest BCUT2D eigenvalue weighted by Crippen LogP contribution is 2.26. The fourth-order valence-electron chi connectivity index (χ4n) is 1.34.